The van der Waals surface area contributed by atoms with Crippen molar-refractivity contribution in [1.29, 1.82) is 0 Å². The molecule has 0 spiro atoms. The van der Waals surface area contributed by atoms with Gasteiger partial charge in [0.1, 0.15) is 0 Å². The van der Waals surface area contributed by atoms with Crippen LogP contribution >= 0.6 is 22.6 Å². The molecule has 1 unspecified atom stereocenters. The van der Waals surface area contributed by atoms with Gasteiger partial charge in [0.05, 0.1) is 0 Å². The van der Waals surface area contributed by atoms with Crippen molar-refractivity contribution in [2.24, 2.45) is 17.8 Å². The van der Waals surface area contributed by atoms with Crippen molar-refractivity contribution in [1.82, 2.24) is 0 Å². The van der Waals surface area contributed by atoms with E-state index in [0.717, 1.165) is 21.7 Å². The first-order chi connectivity index (χ1) is 5.61. The zero-order chi connectivity index (χ0) is 9.14. The lowest BCUT2D eigenvalue weighted by Crippen LogP contribution is -2.22. The fourth-order valence-electron chi connectivity index (χ4n) is 2.27. The lowest BCUT2D eigenvalue weighted by atomic mass is 9.76. The quantitative estimate of drug-likeness (QED) is 0.523. The molecule has 0 aromatic carbocycles. The largest absolute Gasteiger partial charge is 0.0826 e. The number of hydrogen-bond donors (Lipinski definition) is 0. The summed E-state index contributed by atoms with van der Waals surface area (Å²) < 4.78 is 0.885. The zero-order valence-corrected chi connectivity index (χ0v) is 10.7. The van der Waals surface area contributed by atoms with Crippen molar-refractivity contribution in [3.63, 3.8) is 0 Å². The molecule has 1 heteroatoms. The number of hydrogen-bond acceptors (Lipinski definition) is 0. The smallest absolute Gasteiger partial charge is 0.0110 e. The molecule has 0 aromatic rings. The highest BCUT2D eigenvalue weighted by atomic mass is 127. The van der Waals surface area contributed by atoms with E-state index in [0.29, 0.717) is 0 Å². The first-order valence-electron chi connectivity index (χ1n) is 5.25. The predicted molar refractivity (Wildman–Crippen MR) is 63.8 cm³/mol. The first-order valence-corrected chi connectivity index (χ1v) is 6.50. The average Bonchev–Trinajstić information content (AvgIpc) is 2.04. The summed E-state index contributed by atoms with van der Waals surface area (Å²) >= 11 is 2.59. The maximum atomic E-state index is 2.59. The lowest BCUT2D eigenvalue weighted by Gasteiger charge is -2.32. The summed E-state index contributed by atoms with van der Waals surface area (Å²) in [6.07, 6.45) is 5.92. The summed E-state index contributed by atoms with van der Waals surface area (Å²) in [6.45, 7) is 7.11. The van der Waals surface area contributed by atoms with Gasteiger partial charge in [-0.3, -0.25) is 0 Å². The third kappa shape index (κ3) is 2.90. The summed E-state index contributed by atoms with van der Waals surface area (Å²) in [5.41, 5.74) is 0. The monoisotopic (exact) mass is 280 g/mol. The van der Waals surface area contributed by atoms with Crippen LogP contribution in [-0.4, -0.2) is 3.92 Å². The van der Waals surface area contributed by atoms with E-state index in [2.05, 4.69) is 43.4 Å². The highest BCUT2D eigenvalue weighted by Crippen LogP contribution is 2.36. The second-order valence-corrected chi connectivity index (χ2v) is 6.56. The summed E-state index contributed by atoms with van der Waals surface area (Å²) in [5, 5.41) is 0. The Labute approximate surface area is 90.6 Å². The van der Waals surface area contributed by atoms with Gasteiger partial charge >= 0.3 is 0 Å². The van der Waals surface area contributed by atoms with Gasteiger partial charge in [0, 0.05) is 3.92 Å². The molecule has 1 aliphatic rings. The van der Waals surface area contributed by atoms with E-state index < -0.39 is 0 Å². The Morgan fingerprint density at radius 2 is 1.33 bits per heavy atom. The van der Waals surface area contributed by atoms with Crippen LogP contribution in [-0.2, 0) is 0 Å². The molecule has 1 atom stereocenters. The van der Waals surface area contributed by atoms with Crippen molar-refractivity contribution in [2.75, 3.05) is 0 Å². The third-order valence-electron chi connectivity index (χ3n) is 3.41. The molecule has 0 aromatic heterocycles. The Kier molecular flexibility index (Phi) is 4.35. The maximum Gasteiger partial charge on any atom is 0.0110 e. The Morgan fingerprint density at radius 1 is 0.917 bits per heavy atom. The first kappa shape index (κ1) is 10.8. The SMILES string of the molecule is CC(C)[C@H]1CC[C@@H](C(C)I)CC1. The topological polar surface area (TPSA) is 0 Å². The van der Waals surface area contributed by atoms with Crippen LogP contribution in [0, 0.1) is 17.8 Å². The molecule has 0 aliphatic heterocycles. The minimum absolute atomic E-state index is 0.885. The lowest BCUT2D eigenvalue weighted by molar-refractivity contribution is 0.226. The molecule has 0 saturated heterocycles. The van der Waals surface area contributed by atoms with Crippen LogP contribution in [0.3, 0.4) is 0 Å². The van der Waals surface area contributed by atoms with E-state index in [1.807, 2.05) is 0 Å². The van der Waals surface area contributed by atoms with E-state index in [4.69, 9.17) is 0 Å². The molecule has 0 heterocycles. The number of rotatable bonds is 2. The summed E-state index contributed by atoms with van der Waals surface area (Å²) in [5.74, 6) is 2.95. The van der Waals surface area contributed by atoms with Gasteiger partial charge in [0.2, 0.25) is 0 Å². The second-order valence-electron chi connectivity index (χ2n) is 4.60. The molecular weight excluding hydrogens is 259 g/mol. The molecule has 0 bridgehead atoms. The Balaban J connectivity index is 2.30. The Morgan fingerprint density at radius 3 is 1.67 bits per heavy atom. The zero-order valence-electron chi connectivity index (χ0n) is 8.52. The highest BCUT2D eigenvalue weighted by molar-refractivity contribution is 14.1. The van der Waals surface area contributed by atoms with Crippen LogP contribution in [0.1, 0.15) is 46.5 Å². The Hall–Kier alpha value is 0.730. The van der Waals surface area contributed by atoms with Crippen LogP contribution in [0.5, 0.6) is 0 Å². The van der Waals surface area contributed by atoms with E-state index in [9.17, 15) is 0 Å². The fraction of sp³-hybridized carbons (Fsp3) is 1.00. The van der Waals surface area contributed by atoms with Crippen LogP contribution < -0.4 is 0 Å². The molecule has 1 aliphatic carbocycles. The molecule has 0 N–H and O–H groups in total. The molecule has 72 valence electrons. The predicted octanol–water partition coefficient (Wildman–Crippen LogP) is 4.27. The van der Waals surface area contributed by atoms with Crippen LogP contribution in [0.4, 0.5) is 0 Å². The van der Waals surface area contributed by atoms with E-state index >= 15 is 0 Å². The minimum Gasteiger partial charge on any atom is -0.0826 e. The molecule has 0 nitrogen and oxygen atoms in total. The summed E-state index contributed by atoms with van der Waals surface area (Å²) in [6, 6.07) is 0. The standard InChI is InChI=1S/C11H21I/c1-8(2)10-4-6-11(7-5-10)9(3)12/h8-11H,4-7H2,1-3H3/t9?,10-,11+. The van der Waals surface area contributed by atoms with Gasteiger partial charge in [0.25, 0.3) is 0 Å². The van der Waals surface area contributed by atoms with Gasteiger partial charge in [-0.15, -0.1) is 0 Å². The molecular formula is C11H21I. The third-order valence-corrected chi connectivity index (χ3v) is 4.43. The molecule has 0 amide bonds. The van der Waals surface area contributed by atoms with Crippen molar-refractivity contribution in [2.45, 2.75) is 50.4 Å². The Bertz CT molecular complexity index is 105. The van der Waals surface area contributed by atoms with Crippen LogP contribution in [0.25, 0.3) is 0 Å². The van der Waals surface area contributed by atoms with E-state index in [1.165, 1.54) is 25.7 Å². The van der Waals surface area contributed by atoms with Crippen molar-refractivity contribution >= 4 is 22.6 Å². The van der Waals surface area contributed by atoms with E-state index in [-0.39, 0.29) is 0 Å². The number of alkyl halides is 1. The molecule has 1 saturated carbocycles. The number of halogens is 1. The highest BCUT2D eigenvalue weighted by Gasteiger charge is 2.25. The van der Waals surface area contributed by atoms with E-state index in [1.54, 1.807) is 0 Å². The van der Waals surface area contributed by atoms with Gasteiger partial charge in [-0.25, -0.2) is 0 Å². The molecule has 1 rings (SSSR count). The van der Waals surface area contributed by atoms with Gasteiger partial charge in [-0.2, -0.15) is 0 Å². The minimum atomic E-state index is 0.885. The second kappa shape index (κ2) is 4.83. The van der Waals surface area contributed by atoms with Crippen LogP contribution in [0.2, 0.25) is 0 Å². The van der Waals surface area contributed by atoms with Gasteiger partial charge in [-0.1, -0.05) is 43.4 Å². The van der Waals surface area contributed by atoms with Gasteiger partial charge < -0.3 is 0 Å². The fourth-order valence-corrected chi connectivity index (χ4v) is 2.99. The van der Waals surface area contributed by atoms with Gasteiger partial charge in [0.15, 0.2) is 0 Å². The van der Waals surface area contributed by atoms with Crippen LogP contribution in [0.15, 0.2) is 0 Å². The van der Waals surface area contributed by atoms with Crippen molar-refractivity contribution in [3.8, 4) is 0 Å². The maximum absolute atomic E-state index is 2.59. The molecule has 0 radical (unpaired) electrons. The van der Waals surface area contributed by atoms with Gasteiger partial charge in [-0.05, 0) is 43.4 Å². The average molecular weight is 280 g/mol. The van der Waals surface area contributed by atoms with Crippen molar-refractivity contribution < 1.29 is 0 Å². The molecule has 1 fully saturated rings. The normalized spacial score (nSPS) is 33.8. The summed E-state index contributed by atoms with van der Waals surface area (Å²) in [7, 11) is 0. The van der Waals surface area contributed by atoms with Crippen molar-refractivity contribution in [3.05, 3.63) is 0 Å². The molecule has 12 heavy (non-hydrogen) atoms. The summed E-state index contributed by atoms with van der Waals surface area (Å²) in [4.78, 5) is 0.